The van der Waals surface area contributed by atoms with E-state index in [1.54, 1.807) is 6.08 Å². The maximum Gasteiger partial charge on any atom is 0.118 e. The Balaban J connectivity index is 2.22. The van der Waals surface area contributed by atoms with Crippen LogP contribution in [0.5, 0.6) is 0 Å². The molecule has 0 radical (unpaired) electrons. The second-order valence-corrected chi connectivity index (χ2v) is 5.55. The Morgan fingerprint density at radius 3 is 1.42 bits per heavy atom. The zero-order valence-corrected chi connectivity index (χ0v) is 13.6. The number of benzene rings is 3. The van der Waals surface area contributed by atoms with Crippen molar-refractivity contribution in [2.24, 2.45) is 0 Å². The molecule has 0 saturated carbocycles. The van der Waals surface area contributed by atoms with E-state index in [-0.39, 0.29) is 0 Å². The number of hydrogen-bond acceptors (Lipinski definition) is 2. The van der Waals surface area contributed by atoms with Crippen LogP contribution in [0.25, 0.3) is 0 Å². The second kappa shape index (κ2) is 7.73. The second-order valence-electron chi connectivity index (χ2n) is 5.55. The molecule has 1 N–H and O–H groups in total. The monoisotopic (exact) mass is 315 g/mol. The standard InChI is InChI=1S/C22H21NO/c1-2-18-24-23-22(19-12-6-3-7-13-19,20-14-8-4-9-15-20)21-16-10-5-11-17-21/h2-17,23H,1,18H2. The number of hydrogen-bond donors (Lipinski definition) is 1. The molecule has 0 aromatic heterocycles. The third kappa shape index (κ3) is 3.16. The van der Waals surface area contributed by atoms with Gasteiger partial charge in [-0.2, -0.15) is 5.48 Å². The summed E-state index contributed by atoms with van der Waals surface area (Å²) in [4.78, 5) is 5.74. The smallest absolute Gasteiger partial charge is 0.118 e. The Bertz CT molecular complexity index is 657. The van der Waals surface area contributed by atoms with Crippen LogP contribution in [0.3, 0.4) is 0 Å². The average Bonchev–Trinajstić information content (AvgIpc) is 2.68. The Hall–Kier alpha value is -2.68. The van der Waals surface area contributed by atoms with Crippen molar-refractivity contribution in [2.45, 2.75) is 5.54 Å². The van der Waals surface area contributed by atoms with Crippen molar-refractivity contribution in [3.05, 3.63) is 120 Å². The number of hydroxylamine groups is 1. The average molecular weight is 315 g/mol. The van der Waals surface area contributed by atoms with Gasteiger partial charge in [0.05, 0.1) is 6.61 Å². The lowest BCUT2D eigenvalue weighted by atomic mass is 9.78. The van der Waals surface area contributed by atoms with E-state index >= 15 is 0 Å². The Kier molecular flexibility index (Phi) is 5.22. The van der Waals surface area contributed by atoms with Crippen molar-refractivity contribution in [1.29, 1.82) is 0 Å². The Labute approximate surface area is 143 Å². The number of nitrogens with one attached hydrogen (secondary N) is 1. The largest absolute Gasteiger partial charge is 0.296 e. The first-order chi connectivity index (χ1) is 11.9. The lowest BCUT2D eigenvalue weighted by molar-refractivity contribution is 0.0184. The highest BCUT2D eigenvalue weighted by Crippen LogP contribution is 2.36. The molecule has 0 heterocycles. The molecule has 0 amide bonds. The van der Waals surface area contributed by atoms with Gasteiger partial charge in [-0.3, -0.25) is 4.84 Å². The summed E-state index contributed by atoms with van der Waals surface area (Å²) in [6, 6.07) is 31.0. The van der Waals surface area contributed by atoms with E-state index in [9.17, 15) is 0 Å². The van der Waals surface area contributed by atoms with Crippen molar-refractivity contribution >= 4 is 0 Å². The Morgan fingerprint density at radius 1 is 0.708 bits per heavy atom. The van der Waals surface area contributed by atoms with Crippen LogP contribution in [0.2, 0.25) is 0 Å². The van der Waals surface area contributed by atoms with Gasteiger partial charge in [0.1, 0.15) is 5.54 Å². The highest BCUT2D eigenvalue weighted by Gasteiger charge is 2.36. The molecule has 24 heavy (non-hydrogen) atoms. The quantitative estimate of drug-likeness (QED) is 0.296. The molecule has 120 valence electrons. The molecule has 0 atom stereocenters. The predicted molar refractivity (Wildman–Crippen MR) is 98.5 cm³/mol. The van der Waals surface area contributed by atoms with Crippen molar-refractivity contribution in [3.8, 4) is 0 Å². The van der Waals surface area contributed by atoms with E-state index in [1.165, 1.54) is 0 Å². The van der Waals surface area contributed by atoms with Gasteiger partial charge >= 0.3 is 0 Å². The van der Waals surface area contributed by atoms with Gasteiger partial charge in [0.15, 0.2) is 0 Å². The molecule has 2 nitrogen and oxygen atoms in total. The van der Waals surface area contributed by atoms with Gasteiger partial charge in [-0.15, -0.1) is 6.58 Å². The van der Waals surface area contributed by atoms with Gasteiger partial charge in [-0.05, 0) is 16.7 Å². The van der Waals surface area contributed by atoms with Crippen LogP contribution >= 0.6 is 0 Å². The van der Waals surface area contributed by atoms with Crippen LogP contribution < -0.4 is 5.48 Å². The van der Waals surface area contributed by atoms with E-state index in [4.69, 9.17) is 4.84 Å². The summed E-state index contributed by atoms with van der Waals surface area (Å²) >= 11 is 0. The van der Waals surface area contributed by atoms with Crippen LogP contribution in [0.15, 0.2) is 104 Å². The first-order valence-electron chi connectivity index (χ1n) is 8.04. The first-order valence-corrected chi connectivity index (χ1v) is 8.04. The molecule has 0 unspecified atom stereocenters. The van der Waals surface area contributed by atoms with Gasteiger partial charge in [0.2, 0.25) is 0 Å². The van der Waals surface area contributed by atoms with E-state index < -0.39 is 5.54 Å². The highest BCUT2D eigenvalue weighted by atomic mass is 16.6. The summed E-state index contributed by atoms with van der Waals surface area (Å²) in [6.07, 6.45) is 1.73. The summed E-state index contributed by atoms with van der Waals surface area (Å²) < 4.78 is 0. The van der Waals surface area contributed by atoms with Crippen molar-refractivity contribution < 1.29 is 4.84 Å². The molecule has 3 aromatic rings. The minimum absolute atomic E-state index is 0.425. The van der Waals surface area contributed by atoms with Crippen LogP contribution in [0.1, 0.15) is 16.7 Å². The lowest BCUT2D eigenvalue weighted by Gasteiger charge is -2.36. The topological polar surface area (TPSA) is 21.3 Å². The van der Waals surface area contributed by atoms with Crippen molar-refractivity contribution in [2.75, 3.05) is 6.61 Å². The fourth-order valence-electron chi connectivity index (χ4n) is 2.95. The molecule has 0 bridgehead atoms. The minimum atomic E-state index is -0.590. The van der Waals surface area contributed by atoms with Gasteiger partial charge in [-0.25, -0.2) is 0 Å². The SMILES string of the molecule is C=CCONC(c1ccccc1)(c1ccccc1)c1ccccc1. The summed E-state index contributed by atoms with van der Waals surface area (Å²) in [5, 5.41) is 0. The van der Waals surface area contributed by atoms with Gasteiger partial charge in [0, 0.05) is 0 Å². The molecule has 2 heteroatoms. The zero-order chi connectivity index (χ0) is 16.7. The molecule has 0 aliphatic carbocycles. The van der Waals surface area contributed by atoms with E-state index in [2.05, 4.69) is 48.5 Å². The van der Waals surface area contributed by atoms with Crippen LogP contribution in [0, 0.1) is 0 Å². The summed E-state index contributed by atoms with van der Waals surface area (Å²) in [5.74, 6) is 0. The van der Waals surface area contributed by atoms with Gasteiger partial charge < -0.3 is 0 Å². The molecule has 0 fully saturated rings. The molecule has 0 saturated heterocycles. The normalized spacial score (nSPS) is 11.2. The molecule has 0 aliphatic heterocycles. The molecule has 3 aromatic carbocycles. The molecular weight excluding hydrogens is 294 g/mol. The summed E-state index contributed by atoms with van der Waals surface area (Å²) in [6.45, 7) is 4.16. The summed E-state index contributed by atoms with van der Waals surface area (Å²) in [7, 11) is 0. The third-order valence-electron chi connectivity index (χ3n) is 4.05. The van der Waals surface area contributed by atoms with Crippen molar-refractivity contribution in [1.82, 2.24) is 5.48 Å². The van der Waals surface area contributed by atoms with E-state index in [1.807, 2.05) is 54.6 Å². The lowest BCUT2D eigenvalue weighted by Crippen LogP contribution is -2.44. The fraction of sp³-hybridized carbons (Fsp3) is 0.0909. The van der Waals surface area contributed by atoms with Crippen molar-refractivity contribution in [3.63, 3.8) is 0 Å². The maximum absolute atomic E-state index is 5.74. The van der Waals surface area contributed by atoms with Crippen LogP contribution in [0.4, 0.5) is 0 Å². The van der Waals surface area contributed by atoms with Crippen LogP contribution in [-0.4, -0.2) is 6.61 Å². The molecular formula is C22H21NO. The van der Waals surface area contributed by atoms with E-state index in [0.29, 0.717) is 6.61 Å². The highest BCUT2D eigenvalue weighted by molar-refractivity contribution is 5.48. The first kappa shape index (κ1) is 16.2. The third-order valence-corrected chi connectivity index (χ3v) is 4.05. The zero-order valence-electron chi connectivity index (χ0n) is 13.6. The van der Waals surface area contributed by atoms with Crippen LogP contribution in [-0.2, 0) is 10.4 Å². The fourth-order valence-corrected chi connectivity index (χ4v) is 2.95. The summed E-state index contributed by atoms with van der Waals surface area (Å²) in [5.41, 5.74) is 6.07. The number of rotatable bonds is 7. The van der Waals surface area contributed by atoms with Gasteiger partial charge in [-0.1, -0.05) is 97.1 Å². The molecule has 0 spiro atoms. The predicted octanol–water partition coefficient (Wildman–Crippen LogP) is 4.69. The molecule has 3 rings (SSSR count). The van der Waals surface area contributed by atoms with Gasteiger partial charge in [0.25, 0.3) is 0 Å². The minimum Gasteiger partial charge on any atom is -0.296 e. The molecule has 0 aliphatic rings. The van der Waals surface area contributed by atoms with E-state index in [0.717, 1.165) is 16.7 Å². The maximum atomic E-state index is 5.74. The Morgan fingerprint density at radius 2 is 1.08 bits per heavy atom.